The third kappa shape index (κ3) is 5.10. The van der Waals surface area contributed by atoms with E-state index in [9.17, 15) is 0 Å². The van der Waals surface area contributed by atoms with Gasteiger partial charge in [0.15, 0.2) is 11.8 Å². The van der Waals surface area contributed by atoms with Crippen molar-refractivity contribution in [3.05, 3.63) is 24.4 Å². The van der Waals surface area contributed by atoms with Gasteiger partial charge in [-0.2, -0.15) is 4.98 Å². The summed E-state index contributed by atoms with van der Waals surface area (Å²) in [6.07, 6.45) is 1.76. The summed E-state index contributed by atoms with van der Waals surface area (Å²) in [4.78, 5) is 8.06. The Bertz CT molecular complexity index is 349. The summed E-state index contributed by atoms with van der Waals surface area (Å²) in [5.41, 5.74) is 0. The van der Waals surface area contributed by atoms with E-state index in [-0.39, 0.29) is 24.0 Å². The molecule has 0 fully saturated rings. The van der Waals surface area contributed by atoms with Crippen molar-refractivity contribution in [3.8, 4) is 0 Å². The third-order valence-corrected chi connectivity index (χ3v) is 1.62. The molecule has 1 aromatic heterocycles. The molecule has 0 aliphatic carbocycles. The minimum absolute atomic E-state index is 0. The number of hydrogen-bond acceptors (Lipinski definition) is 4. The summed E-state index contributed by atoms with van der Waals surface area (Å²) in [6.45, 7) is 6.49. The Morgan fingerprint density at radius 1 is 1.56 bits per heavy atom. The van der Waals surface area contributed by atoms with Crippen LogP contribution in [0.2, 0.25) is 0 Å². The van der Waals surface area contributed by atoms with Gasteiger partial charge in [0.05, 0.1) is 6.54 Å². The van der Waals surface area contributed by atoms with Crippen molar-refractivity contribution in [2.45, 2.75) is 13.5 Å². The smallest absolute Gasteiger partial charge is 0.223 e. The van der Waals surface area contributed by atoms with Crippen molar-refractivity contribution in [2.75, 3.05) is 13.6 Å². The van der Waals surface area contributed by atoms with E-state index < -0.39 is 0 Å². The number of aryl methyl sites for hydroxylation is 1. The summed E-state index contributed by atoms with van der Waals surface area (Å²) >= 11 is 0. The predicted molar refractivity (Wildman–Crippen MR) is 72.8 cm³/mol. The zero-order chi connectivity index (χ0) is 11.1. The van der Waals surface area contributed by atoms with Gasteiger partial charge in [-0.3, -0.25) is 4.99 Å². The van der Waals surface area contributed by atoms with Gasteiger partial charge in [-0.25, -0.2) is 0 Å². The second-order valence-electron chi connectivity index (χ2n) is 2.82. The molecule has 0 saturated heterocycles. The SMILES string of the molecule is C=CCNC(=NC)NCc1noc(C)n1.I. The zero-order valence-corrected chi connectivity index (χ0v) is 11.7. The second-order valence-corrected chi connectivity index (χ2v) is 2.82. The molecule has 1 aromatic rings. The lowest BCUT2D eigenvalue weighted by molar-refractivity contribution is 0.387. The standard InChI is InChI=1S/C9H15N5O.HI/c1-4-5-11-9(10-3)12-6-8-13-7(2)15-14-8;/h4H,1,5-6H2,2-3H3,(H2,10,11,12);1H. The van der Waals surface area contributed by atoms with Crippen LogP contribution < -0.4 is 10.6 Å². The molecular formula is C9H16IN5O. The zero-order valence-electron chi connectivity index (χ0n) is 9.36. The summed E-state index contributed by atoms with van der Waals surface area (Å²) < 4.78 is 4.83. The van der Waals surface area contributed by atoms with E-state index in [1.165, 1.54) is 0 Å². The fraction of sp³-hybridized carbons (Fsp3) is 0.444. The fourth-order valence-electron chi connectivity index (χ4n) is 0.965. The largest absolute Gasteiger partial charge is 0.353 e. The van der Waals surface area contributed by atoms with E-state index >= 15 is 0 Å². The Labute approximate surface area is 112 Å². The number of guanidine groups is 1. The van der Waals surface area contributed by atoms with Crippen molar-refractivity contribution in [1.29, 1.82) is 0 Å². The van der Waals surface area contributed by atoms with Gasteiger partial charge in [0.1, 0.15) is 0 Å². The molecular weight excluding hydrogens is 321 g/mol. The molecule has 0 atom stereocenters. The average molecular weight is 337 g/mol. The summed E-state index contributed by atoms with van der Waals surface area (Å²) in [6, 6.07) is 0. The molecule has 2 N–H and O–H groups in total. The first kappa shape index (κ1) is 14.9. The summed E-state index contributed by atoms with van der Waals surface area (Å²) in [7, 11) is 1.69. The van der Waals surface area contributed by atoms with Gasteiger partial charge in [-0.15, -0.1) is 30.6 Å². The Morgan fingerprint density at radius 2 is 2.31 bits per heavy atom. The van der Waals surface area contributed by atoms with Gasteiger partial charge < -0.3 is 15.2 Å². The van der Waals surface area contributed by atoms with Crippen LogP contribution in [0, 0.1) is 6.92 Å². The lowest BCUT2D eigenvalue weighted by Crippen LogP contribution is -2.37. The highest BCUT2D eigenvalue weighted by molar-refractivity contribution is 14.0. The van der Waals surface area contributed by atoms with Gasteiger partial charge in [0, 0.05) is 20.5 Å². The van der Waals surface area contributed by atoms with Gasteiger partial charge >= 0.3 is 0 Å². The molecule has 6 nitrogen and oxygen atoms in total. The van der Waals surface area contributed by atoms with Crippen LogP contribution in [0.3, 0.4) is 0 Å². The van der Waals surface area contributed by atoms with E-state index in [0.29, 0.717) is 30.8 Å². The number of nitrogens with one attached hydrogen (secondary N) is 2. The molecule has 7 heteroatoms. The molecule has 1 rings (SSSR count). The Hall–Kier alpha value is -1.12. The van der Waals surface area contributed by atoms with Crippen LogP contribution in [-0.2, 0) is 6.54 Å². The van der Waals surface area contributed by atoms with Crippen molar-refractivity contribution >= 4 is 29.9 Å². The number of nitrogens with zero attached hydrogens (tertiary/aromatic N) is 3. The van der Waals surface area contributed by atoms with Crippen molar-refractivity contribution in [2.24, 2.45) is 4.99 Å². The molecule has 0 aliphatic heterocycles. The van der Waals surface area contributed by atoms with Gasteiger partial charge in [0.25, 0.3) is 0 Å². The third-order valence-electron chi connectivity index (χ3n) is 1.62. The van der Waals surface area contributed by atoms with Crippen LogP contribution in [-0.4, -0.2) is 29.7 Å². The van der Waals surface area contributed by atoms with Crippen LogP contribution in [0.15, 0.2) is 22.2 Å². The van der Waals surface area contributed by atoms with E-state index in [0.717, 1.165) is 0 Å². The molecule has 0 spiro atoms. The van der Waals surface area contributed by atoms with E-state index in [1.807, 2.05) is 0 Å². The summed E-state index contributed by atoms with van der Waals surface area (Å²) in [5.74, 6) is 1.84. The van der Waals surface area contributed by atoms with Crippen molar-refractivity contribution < 1.29 is 4.52 Å². The number of hydrogen-bond donors (Lipinski definition) is 2. The average Bonchev–Trinajstić information content (AvgIpc) is 2.65. The minimum Gasteiger partial charge on any atom is -0.353 e. The maximum atomic E-state index is 4.83. The monoisotopic (exact) mass is 337 g/mol. The topological polar surface area (TPSA) is 75.3 Å². The molecule has 0 radical (unpaired) electrons. The number of rotatable bonds is 4. The molecule has 0 unspecified atom stereocenters. The van der Waals surface area contributed by atoms with Crippen LogP contribution in [0.4, 0.5) is 0 Å². The van der Waals surface area contributed by atoms with Gasteiger partial charge in [-0.1, -0.05) is 11.2 Å². The molecule has 16 heavy (non-hydrogen) atoms. The molecule has 0 aliphatic rings. The Morgan fingerprint density at radius 3 is 2.81 bits per heavy atom. The number of aliphatic imine (C=N–C) groups is 1. The van der Waals surface area contributed by atoms with Crippen LogP contribution in [0.5, 0.6) is 0 Å². The number of halogens is 1. The van der Waals surface area contributed by atoms with Crippen LogP contribution in [0.1, 0.15) is 11.7 Å². The van der Waals surface area contributed by atoms with Crippen LogP contribution >= 0.6 is 24.0 Å². The van der Waals surface area contributed by atoms with Gasteiger partial charge in [-0.05, 0) is 0 Å². The first-order chi connectivity index (χ1) is 7.26. The maximum Gasteiger partial charge on any atom is 0.223 e. The fourth-order valence-corrected chi connectivity index (χ4v) is 0.965. The molecule has 90 valence electrons. The molecule has 0 saturated carbocycles. The van der Waals surface area contributed by atoms with Crippen molar-refractivity contribution in [1.82, 2.24) is 20.8 Å². The molecule has 0 bridgehead atoms. The highest BCUT2D eigenvalue weighted by Crippen LogP contribution is 1.93. The molecule has 1 heterocycles. The van der Waals surface area contributed by atoms with Gasteiger partial charge in [0.2, 0.25) is 5.89 Å². The molecule has 0 aromatic carbocycles. The molecule has 0 amide bonds. The Balaban J connectivity index is 0.00000225. The predicted octanol–water partition coefficient (Wildman–Crippen LogP) is 0.847. The van der Waals surface area contributed by atoms with Crippen LogP contribution in [0.25, 0.3) is 0 Å². The lowest BCUT2D eigenvalue weighted by Gasteiger charge is -2.07. The van der Waals surface area contributed by atoms with E-state index in [1.54, 1.807) is 20.0 Å². The second kappa shape index (κ2) is 8.08. The Kier molecular flexibility index (Phi) is 7.52. The first-order valence-corrected chi connectivity index (χ1v) is 4.61. The summed E-state index contributed by atoms with van der Waals surface area (Å²) in [5, 5.41) is 9.82. The lowest BCUT2D eigenvalue weighted by atomic mass is 10.5. The highest BCUT2D eigenvalue weighted by atomic mass is 127. The minimum atomic E-state index is 0. The van der Waals surface area contributed by atoms with E-state index in [4.69, 9.17) is 4.52 Å². The van der Waals surface area contributed by atoms with E-state index in [2.05, 4.69) is 32.3 Å². The number of aromatic nitrogens is 2. The normalized spacial score (nSPS) is 10.5. The first-order valence-electron chi connectivity index (χ1n) is 4.61. The highest BCUT2D eigenvalue weighted by Gasteiger charge is 2.02. The quantitative estimate of drug-likeness (QED) is 0.369. The van der Waals surface area contributed by atoms with Crippen molar-refractivity contribution in [3.63, 3.8) is 0 Å². The maximum absolute atomic E-state index is 4.83.